The van der Waals surface area contributed by atoms with Crippen molar-refractivity contribution in [3.63, 3.8) is 0 Å². The maximum absolute atomic E-state index is 10.8. The standard InChI is InChI=1S/C7H11NO5/c1-4(6(10)12-2)8-5(9)7(11)13-3/h4H,1-3H3,(H,8,9)/t4-/m1/s1. The van der Waals surface area contributed by atoms with Crippen molar-refractivity contribution in [1.82, 2.24) is 5.32 Å². The first-order valence-corrected chi connectivity index (χ1v) is 3.49. The highest BCUT2D eigenvalue weighted by Crippen LogP contribution is 1.86. The van der Waals surface area contributed by atoms with Crippen LogP contribution in [0.4, 0.5) is 0 Å². The lowest BCUT2D eigenvalue weighted by Crippen LogP contribution is -2.42. The highest BCUT2D eigenvalue weighted by Gasteiger charge is 2.20. The maximum Gasteiger partial charge on any atom is 0.396 e. The van der Waals surface area contributed by atoms with E-state index in [9.17, 15) is 14.4 Å². The molecule has 0 aromatic heterocycles. The number of carbonyl (C=O) groups excluding carboxylic acids is 3. The highest BCUT2D eigenvalue weighted by atomic mass is 16.5. The number of esters is 2. The number of ether oxygens (including phenoxy) is 2. The largest absolute Gasteiger partial charge is 0.467 e. The van der Waals surface area contributed by atoms with Gasteiger partial charge in [-0.1, -0.05) is 0 Å². The van der Waals surface area contributed by atoms with Gasteiger partial charge in [-0.05, 0) is 6.92 Å². The molecular weight excluding hydrogens is 178 g/mol. The molecule has 0 saturated carbocycles. The van der Waals surface area contributed by atoms with Crippen LogP contribution in [0.1, 0.15) is 6.92 Å². The molecule has 0 aromatic carbocycles. The molecule has 0 saturated heterocycles. The van der Waals surface area contributed by atoms with Crippen LogP contribution in [-0.2, 0) is 23.9 Å². The molecule has 0 heterocycles. The zero-order chi connectivity index (χ0) is 10.4. The van der Waals surface area contributed by atoms with Crippen LogP contribution in [0.3, 0.4) is 0 Å². The Morgan fingerprint density at radius 3 is 2.08 bits per heavy atom. The Morgan fingerprint density at radius 1 is 1.15 bits per heavy atom. The van der Waals surface area contributed by atoms with Crippen molar-refractivity contribution in [2.45, 2.75) is 13.0 Å². The first-order valence-electron chi connectivity index (χ1n) is 3.49. The molecule has 0 aliphatic heterocycles. The molecule has 1 atom stereocenters. The molecule has 6 nitrogen and oxygen atoms in total. The average Bonchev–Trinajstić information content (AvgIpc) is 2.14. The maximum atomic E-state index is 10.8. The van der Waals surface area contributed by atoms with E-state index in [4.69, 9.17) is 0 Å². The van der Waals surface area contributed by atoms with Gasteiger partial charge >= 0.3 is 17.8 Å². The van der Waals surface area contributed by atoms with Gasteiger partial charge in [0, 0.05) is 0 Å². The van der Waals surface area contributed by atoms with Crippen molar-refractivity contribution in [1.29, 1.82) is 0 Å². The predicted octanol–water partition coefficient (Wildman–Crippen LogP) is -1.16. The van der Waals surface area contributed by atoms with E-state index in [-0.39, 0.29) is 0 Å². The summed E-state index contributed by atoms with van der Waals surface area (Å²) in [5.41, 5.74) is 0. The number of amides is 1. The predicted molar refractivity (Wildman–Crippen MR) is 41.6 cm³/mol. The number of methoxy groups -OCH3 is 2. The van der Waals surface area contributed by atoms with Crippen molar-refractivity contribution < 1.29 is 23.9 Å². The summed E-state index contributed by atoms with van der Waals surface area (Å²) in [6.45, 7) is 1.40. The number of carbonyl (C=O) groups is 3. The zero-order valence-corrected chi connectivity index (χ0v) is 7.62. The van der Waals surface area contributed by atoms with Crippen molar-refractivity contribution in [3.05, 3.63) is 0 Å². The fourth-order valence-corrected chi connectivity index (χ4v) is 0.584. The van der Waals surface area contributed by atoms with E-state index in [0.29, 0.717) is 0 Å². The number of rotatable bonds is 2. The molecule has 0 bridgehead atoms. The van der Waals surface area contributed by atoms with Gasteiger partial charge in [0.05, 0.1) is 14.2 Å². The van der Waals surface area contributed by atoms with Crippen LogP contribution in [0.15, 0.2) is 0 Å². The van der Waals surface area contributed by atoms with Gasteiger partial charge in [0.1, 0.15) is 6.04 Å². The molecule has 13 heavy (non-hydrogen) atoms. The van der Waals surface area contributed by atoms with Gasteiger partial charge in [0.25, 0.3) is 0 Å². The van der Waals surface area contributed by atoms with Crippen molar-refractivity contribution >= 4 is 17.8 Å². The minimum atomic E-state index is -1.05. The van der Waals surface area contributed by atoms with Crippen molar-refractivity contribution in [2.75, 3.05) is 14.2 Å². The van der Waals surface area contributed by atoms with Gasteiger partial charge in [-0.2, -0.15) is 0 Å². The second kappa shape index (κ2) is 5.13. The van der Waals surface area contributed by atoms with E-state index in [1.54, 1.807) is 0 Å². The van der Waals surface area contributed by atoms with Gasteiger partial charge in [0.2, 0.25) is 0 Å². The second-order valence-electron chi connectivity index (χ2n) is 2.21. The summed E-state index contributed by atoms with van der Waals surface area (Å²) in [6, 6.07) is -0.864. The van der Waals surface area contributed by atoms with Gasteiger partial charge in [-0.25, -0.2) is 9.59 Å². The quantitative estimate of drug-likeness (QED) is 0.437. The van der Waals surface area contributed by atoms with E-state index >= 15 is 0 Å². The van der Waals surface area contributed by atoms with E-state index in [1.165, 1.54) is 14.0 Å². The van der Waals surface area contributed by atoms with Crippen molar-refractivity contribution in [3.8, 4) is 0 Å². The Balaban J connectivity index is 4.06. The third kappa shape index (κ3) is 3.55. The van der Waals surface area contributed by atoms with E-state index in [1.807, 2.05) is 0 Å². The van der Waals surface area contributed by atoms with Crippen LogP contribution in [0.25, 0.3) is 0 Å². The van der Waals surface area contributed by atoms with E-state index < -0.39 is 23.9 Å². The van der Waals surface area contributed by atoms with Crippen LogP contribution in [0.5, 0.6) is 0 Å². The summed E-state index contributed by atoms with van der Waals surface area (Å²) in [5.74, 6) is -2.64. The number of hydrogen-bond donors (Lipinski definition) is 1. The van der Waals surface area contributed by atoms with E-state index in [2.05, 4.69) is 14.8 Å². The molecule has 0 aliphatic rings. The Morgan fingerprint density at radius 2 is 1.69 bits per heavy atom. The van der Waals surface area contributed by atoms with E-state index in [0.717, 1.165) is 7.11 Å². The Bertz CT molecular complexity index is 225. The molecule has 6 heteroatoms. The molecule has 74 valence electrons. The first kappa shape index (κ1) is 11.4. The van der Waals surface area contributed by atoms with Crippen LogP contribution < -0.4 is 5.32 Å². The molecule has 0 rings (SSSR count). The third-order valence-electron chi connectivity index (χ3n) is 1.27. The van der Waals surface area contributed by atoms with Crippen LogP contribution in [0, 0.1) is 0 Å². The lowest BCUT2D eigenvalue weighted by Gasteiger charge is -2.09. The number of hydrogen-bond acceptors (Lipinski definition) is 5. The van der Waals surface area contributed by atoms with Gasteiger partial charge in [-0.15, -0.1) is 0 Å². The molecule has 0 aliphatic carbocycles. The van der Waals surface area contributed by atoms with Crippen LogP contribution in [-0.4, -0.2) is 38.1 Å². The summed E-state index contributed by atoms with van der Waals surface area (Å²) in [7, 11) is 2.26. The molecular formula is C7H11NO5. The highest BCUT2D eigenvalue weighted by molar-refractivity contribution is 6.32. The van der Waals surface area contributed by atoms with Gasteiger partial charge in [-0.3, -0.25) is 4.79 Å². The molecule has 1 N–H and O–H groups in total. The molecule has 0 fully saturated rings. The molecule has 1 amide bonds. The summed E-state index contributed by atoms with van der Waals surface area (Å²) < 4.78 is 8.44. The normalized spacial score (nSPS) is 11.3. The number of nitrogens with one attached hydrogen (secondary N) is 1. The average molecular weight is 189 g/mol. The molecule has 0 unspecified atom stereocenters. The summed E-state index contributed by atoms with van der Waals surface area (Å²) in [4.78, 5) is 32.2. The van der Waals surface area contributed by atoms with Crippen LogP contribution in [0.2, 0.25) is 0 Å². The molecule has 0 radical (unpaired) electrons. The topological polar surface area (TPSA) is 81.7 Å². The lowest BCUT2D eigenvalue weighted by atomic mass is 10.3. The molecule has 0 spiro atoms. The summed E-state index contributed by atoms with van der Waals surface area (Å²) in [6.07, 6.45) is 0. The smallest absolute Gasteiger partial charge is 0.396 e. The monoisotopic (exact) mass is 189 g/mol. The Hall–Kier alpha value is -1.59. The minimum absolute atomic E-state index is 0.628. The van der Waals surface area contributed by atoms with Crippen molar-refractivity contribution in [2.24, 2.45) is 0 Å². The van der Waals surface area contributed by atoms with Gasteiger partial charge < -0.3 is 14.8 Å². The third-order valence-corrected chi connectivity index (χ3v) is 1.27. The minimum Gasteiger partial charge on any atom is -0.467 e. The zero-order valence-electron chi connectivity index (χ0n) is 7.62. The lowest BCUT2D eigenvalue weighted by molar-refractivity contribution is -0.154. The van der Waals surface area contributed by atoms with Gasteiger partial charge in [0.15, 0.2) is 0 Å². The fraction of sp³-hybridized carbons (Fsp3) is 0.571. The Labute approximate surface area is 75.2 Å². The SMILES string of the molecule is COC(=O)C(=O)N[C@H](C)C(=O)OC. The summed E-state index contributed by atoms with van der Waals surface area (Å²) in [5, 5.41) is 2.09. The second-order valence-corrected chi connectivity index (χ2v) is 2.21. The first-order chi connectivity index (χ1) is 6.02. The summed E-state index contributed by atoms with van der Waals surface area (Å²) >= 11 is 0. The van der Waals surface area contributed by atoms with Crippen LogP contribution >= 0.6 is 0 Å². The Kier molecular flexibility index (Phi) is 4.50. The fourth-order valence-electron chi connectivity index (χ4n) is 0.584. The molecule has 0 aromatic rings.